The van der Waals surface area contributed by atoms with Crippen molar-refractivity contribution in [2.45, 2.75) is 32.4 Å². The summed E-state index contributed by atoms with van der Waals surface area (Å²) in [6, 6.07) is 4.58. The molecule has 0 bridgehead atoms. The van der Waals surface area contributed by atoms with Gasteiger partial charge in [-0.15, -0.1) is 11.3 Å². The average molecular weight is 213 g/mol. The fourth-order valence-corrected chi connectivity index (χ4v) is 2.34. The van der Waals surface area contributed by atoms with Crippen molar-refractivity contribution in [2.75, 3.05) is 13.6 Å². The molecule has 1 atom stereocenters. The van der Waals surface area contributed by atoms with Gasteiger partial charge in [0.1, 0.15) is 0 Å². The molecule has 0 aliphatic heterocycles. The molecule has 0 saturated carbocycles. The van der Waals surface area contributed by atoms with Crippen LogP contribution in [-0.4, -0.2) is 29.2 Å². The average Bonchev–Trinajstić information content (AvgIpc) is 2.51. The van der Waals surface area contributed by atoms with Gasteiger partial charge in [0.15, 0.2) is 0 Å². The molecular formula is C11H19NOS. The van der Waals surface area contributed by atoms with Crippen molar-refractivity contribution in [1.29, 1.82) is 0 Å². The van der Waals surface area contributed by atoms with Gasteiger partial charge in [-0.2, -0.15) is 0 Å². The molecular weight excluding hydrogens is 194 g/mol. The molecule has 0 aromatic carbocycles. The quantitative estimate of drug-likeness (QED) is 0.830. The molecule has 3 heteroatoms. The van der Waals surface area contributed by atoms with Gasteiger partial charge in [0.2, 0.25) is 0 Å². The number of aliphatic hydroxyl groups is 1. The minimum atomic E-state index is -0.625. The van der Waals surface area contributed by atoms with Crippen LogP contribution in [0.2, 0.25) is 0 Å². The summed E-state index contributed by atoms with van der Waals surface area (Å²) in [5.41, 5.74) is -0.625. The molecule has 0 aliphatic rings. The zero-order valence-electron chi connectivity index (χ0n) is 9.32. The number of thiophene rings is 1. The van der Waals surface area contributed by atoms with Gasteiger partial charge in [-0.05, 0) is 39.3 Å². The van der Waals surface area contributed by atoms with Gasteiger partial charge in [-0.3, -0.25) is 4.90 Å². The third-order valence-electron chi connectivity index (χ3n) is 2.25. The third-order valence-corrected chi connectivity index (χ3v) is 3.30. The predicted molar refractivity (Wildman–Crippen MR) is 61.7 cm³/mol. The first-order valence-corrected chi connectivity index (χ1v) is 5.74. The fourth-order valence-electron chi connectivity index (χ4n) is 1.49. The number of rotatable bonds is 4. The van der Waals surface area contributed by atoms with E-state index >= 15 is 0 Å². The van der Waals surface area contributed by atoms with Gasteiger partial charge in [0.05, 0.1) is 5.60 Å². The Hall–Kier alpha value is -0.380. The molecule has 0 amide bonds. The minimum Gasteiger partial charge on any atom is -0.389 e. The summed E-state index contributed by atoms with van der Waals surface area (Å²) < 4.78 is 0. The van der Waals surface area contributed by atoms with Crippen LogP contribution < -0.4 is 0 Å². The second-order valence-electron chi connectivity index (χ2n) is 4.42. The van der Waals surface area contributed by atoms with Gasteiger partial charge in [-0.25, -0.2) is 0 Å². The second kappa shape index (κ2) is 4.43. The highest BCUT2D eigenvalue weighted by Gasteiger charge is 2.20. The Bertz CT molecular complexity index is 263. The summed E-state index contributed by atoms with van der Waals surface area (Å²) in [5, 5.41) is 11.8. The first-order chi connectivity index (χ1) is 6.40. The molecule has 1 heterocycles. The van der Waals surface area contributed by atoms with Gasteiger partial charge in [0, 0.05) is 17.5 Å². The van der Waals surface area contributed by atoms with Crippen LogP contribution in [0.5, 0.6) is 0 Å². The normalized spacial score (nSPS) is 14.7. The lowest BCUT2D eigenvalue weighted by Gasteiger charge is -2.29. The van der Waals surface area contributed by atoms with E-state index in [0.717, 1.165) is 0 Å². The summed E-state index contributed by atoms with van der Waals surface area (Å²) >= 11 is 1.76. The standard InChI is InChI=1S/C11H19NOS/c1-9(10-6-5-7-14-10)12(4)8-11(2,3)13/h5-7,9,13H,8H2,1-4H3. The molecule has 0 aliphatic carbocycles. The molecule has 0 fully saturated rings. The van der Waals surface area contributed by atoms with E-state index in [2.05, 4.69) is 29.3 Å². The first kappa shape index (κ1) is 11.7. The lowest BCUT2D eigenvalue weighted by molar-refractivity contribution is 0.0338. The Kier molecular flexibility index (Phi) is 3.70. The van der Waals surface area contributed by atoms with E-state index in [1.807, 2.05) is 20.9 Å². The van der Waals surface area contributed by atoms with Crippen LogP contribution in [0.3, 0.4) is 0 Å². The SMILES string of the molecule is CC(c1cccs1)N(C)CC(C)(C)O. The third kappa shape index (κ3) is 3.40. The highest BCUT2D eigenvalue weighted by Crippen LogP contribution is 2.24. The number of likely N-dealkylation sites (N-methyl/N-ethyl adjacent to an activating group) is 1. The molecule has 1 unspecified atom stereocenters. The molecule has 1 N–H and O–H groups in total. The van der Waals surface area contributed by atoms with Crippen molar-refractivity contribution in [1.82, 2.24) is 4.90 Å². The van der Waals surface area contributed by atoms with Crippen molar-refractivity contribution in [3.63, 3.8) is 0 Å². The topological polar surface area (TPSA) is 23.5 Å². The summed E-state index contributed by atoms with van der Waals surface area (Å²) in [5.74, 6) is 0. The maximum absolute atomic E-state index is 9.70. The summed E-state index contributed by atoms with van der Waals surface area (Å²) in [6.45, 7) is 6.53. The maximum Gasteiger partial charge on any atom is 0.0718 e. The molecule has 0 radical (unpaired) electrons. The highest BCUT2D eigenvalue weighted by molar-refractivity contribution is 7.10. The van der Waals surface area contributed by atoms with Gasteiger partial charge in [0.25, 0.3) is 0 Å². The van der Waals surface area contributed by atoms with E-state index in [1.54, 1.807) is 11.3 Å². The lowest BCUT2D eigenvalue weighted by atomic mass is 10.1. The Morgan fingerprint density at radius 1 is 1.57 bits per heavy atom. The molecule has 14 heavy (non-hydrogen) atoms. The van der Waals surface area contributed by atoms with E-state index in [9.17, 15) is 5.11 Å². The lowest BCUT2D eigenvalue weighted by Crippen LogP contribution is -2.37. The van der Waals surface area contributed by atoms with Crippen LogP contribution in [0.15, 0.2) is 17.5 Å². The van der Waals surface area contributed by atoms with E-state index in [4.69, 9.17) is 0 Å². The monoisotopic (exact) mass is 213 g/mol. The zero-order chi connectivity index (χ0) is 10.8. The van der Waals surface area contributed by atoms with Crippen LogP contribution in [0.1, 0.15) is 31.7 Å². The zero-order valence-corrected chi connectivity index (χ0v) is 10.1. The van der Waals surface area contributed by atoms with E-state index in [-0.39, 0.29) is 0 Å². The van der Waals surface area contributed by atoms with Crippen LogP contribution in [0.25, 0.3) is 0 Å². The van der Waals surface area contributed by atoms with Crippen LogP contribution in [0, 0.1) is 0 Å². The van der Waals surface area contributed by atoms with Gasteiger partial charge in [-0.1, -0.05) is 6.07 Å². The fraction of sp³-hybridized carbons (Fsp3) is 0.636. The largest absolute Gasteiger partial charge is 0.389 e. The summed E-state index contributed by atoms with van der Waals surface area (Å²) in [6.07, 6.45) is 0. The van der Waals surface area contributed by atoms with Crippen molar-refractivity contribution in [3.8, 4) is 0 Å². The number of hydrogen-bond acceptors (Lipinski definition) is 3. The summed E-state index contributed by atoms with van der Waals surface area (Å²) in [4.78, 5) is 3.52. The molecule has 2 nitrogen and oxygen atoms in total. The van der Waals surface area contributed by atoms with E-state index < -0.39 is 5.60 Å². The Morgan fingerprint density at radius 3 is 2.64 bits per heavy atom. The molecule has 1 aromatic rings. The Morgan fingerprint density at radius 2 is 2.21 bits per heavy atom. The molecule has 1 aromatic heterocycles. The van der Waals surface area contributed by atoms with Crippen LogP contribution in [-0.2, 0) is 0 Å². The maximum atomic E-state index is 9.70. The van der Waals surface area contributed by atoms with Gasteiger partial charge < -0.3 is 5.11 Å². The van der Waals surface area contributed by atoms with Crippen molar-refractivity contribution in [2.24, 2.45) is 0 Å². The van der Waals surface area contributed by atoms with E-state index in [1.165, 1.54) is 4.88 Å². The van der Waals surface area contributed by atoms with Gasteiger partial charge >= 0.3 is 0 Å². The Balaban J connectivity index is 2.57. The van der Waals surface area contributed by atoms with Crippen molar-refractivity contribution < 1.29 is 5.11 Å². The van der Waals surface area contributed by atoms with Crippen molar-refractivity contribution >= 4 is 11.3 Å². The van der Waals surface area contributed by atoms with Crippen molar-refractivity contribution in [3.05, 3.63) is 22.4 Å². The molecule has 1 rings (SSSR count). The minimum absolute atomic E-state index is 0.376. The second-order valence-corrected chi connectivity index (χ2v) is 5.40. The van der Waals surface area contributed by atoms with Crippen LogP contribution >= 0.6 is 11.3 Å². The Labute approximate surface area is 90.2 Å². The molecule has 0 spiro atoms. The highest BCUT2D eigenvalue weighted by atomic mass is 32.1. The first-order valence-electron chi connectivity index (χ1n) is 4.86. The molecule has 80 valence electrons. The van der Waals surface area contributed by atoms with E-state index in [0.29, 0.717) is 12.6 Å². The smallest absolute Gasteiger partial charge is 0.0718 e. The number of nitrogens with zero attached hydrogens (tertiary/aromatic N) is 1. The summed E-state index contributed by atoms with van der Waals surface area (Å²) in [7, 11) is 2.04. The predicted octanol–water partition coefficient (Wildman–Crippen LogP) is 2.51. The van der Waals surface area contributed by atoms with Crippen LogP contribution in [0.4, 0.5) is 0 Å². The molecule has 0 saturated heterocycles. The number of hydrogen-bond donors (Lipinski definition) is 1.